The number of rotatable bonds is 5. The van der Waals surface area contributed by atoms with Crippen LogP contribution in [-0.4, -0.2) is 31.9 Å². The van der Waals surface area contributed by atoms with Gasteiger partial charge in [0, 0.05) is 19.2 Å². The summed E-state index contributed by atoms with van der Waals surface area (Å²) < 4.78 is 11.2. The van der Waals surface area contributed by atoms with Gasteiger partial charge < -0.3 is 14.8 Å². The van der Waals surface area contributed by atoms with E-state index in [2.05, 4.69) is 31.3 Å². The van der Waals surface area contributed by atoms with E-state index in [1.54, 1.807) is 0 Å². The van der Waals surface area contributed by atoms with Crippen molar-refractivity contribution >= 4 is 0 Å². The van der Waals surface area contributed by atoms with Gasteiger partial charge in [-0.05, 0) is 38.0 Å². The monoisotopic (exact) mass is 235 g/mol. The summed E-state index contributed by atoms with van der Waals surface area (Å²) in [4.78, 5) is 0. The molecule has 1 aliphatic heterocycles. The lowest BCUT2D eigenvalue weighted by molar-refractivity contribution is 0.112. The number of hydrogen-bond acceptors (Lipinski definition) is 3. The minimum absolute atomic E-state index is 0.328. The van der Waals surface area contributed by atoms with Gasteiger partial charge in [0.15, 0.2) is 0 Å². The molecule has 3 nitrogen and oxygen atoms in total. The van der Waals surface area contributed by atoms with Crippen LogP contribution < -0.4 is 10.1 Å². The largest absolute Gasteiger partial charge is 0.492 e. The zero-order valence-corrected chi connectivity index (χ0v) is 10.6. The van der Waals surface area contributed by atoms with Gasteiger partial charge in [-0.2, -0.15) is 0 Å². The Hall–Kier alpha value is -1.06. The first-order chi connectivity index (χ1) is 8.25. The molecule has 3 heteroatoms. The minimum Gasteiger partial charge on any atom is -0.492 e. The van der Waals surface area contributed by atoms with Crippen LogP contribution in [-0.2, 0) is 4.74 Å². The quantitative estimate of drug-likeness (QED) is 0.793. The van der Waals surface area contributed by atoms with E-state index in [0.717, 1.165) is 25.3 Å². The molecular weight excluding hydrogens is 214 g/mol. The fourth-order valence-corrected chi connectivity index (χ4v) is 2.12. The number of hydrogen-bond donors (Lipinski definition) is 1. The van der Waals surface area contributed by atoms with Crippen LogP contribution in [0.25, 0.3) is 0 Å². The smallest absolute Gasteiger partial charge is 0.119 e. The molecule has 1 aromatic rings. The molecule has 0 bridgehead atoms. The number of ether oxygens (including phenoxy) is 2. The molecule has 0 aliphatic carbocycles. The Bertz CT molecular complexity index is 354. The summed E-state index contributed by atoms with van der Waals surface area (Å²) in [7, 11) is 0. The molecule has 0 saturated carbocycles. The second-order valence-corrected chi connectivity index (χ2v) is 4.59. The van der Waals surface area contributed by atoms with Gasteiger partial charge in [-0.15, -0.1) is 0 Å². The maximum Gasteiger partial charge on any atom is 0.119 e. The highest BCUT2D eigenvalue weighted by Crippen LogP contribution is 2.13. The molecule has 2 atom stereocenters. The number of nitrogens with one attached hydrogen (secondary N) is 1. The van der Waals surface area contributed by atoms with E-state index < -0.39 is 0 Å². The summed E-state index contributed by atoms with van der Waals surface area (Å²) in [5, 5.41) is 3.47. The molecule has 0 radical (unpaired) electrons. The van der Waals surface area contributed by atoms with Gasteiger partial charge >= 0.3 is 0 Å². The first-order valence-corrected chi connectivity index (χ1v) is 6.30. The van der Waals surface area contributed by atoms with Crippen LogP contribution in [0, 0.1) is 6.92 Å². The zero-order valence-electron chi connectivity index (χ0n) is 10.6. The van der Waals surface area contributed by atoms with Crippen LogP contribution in [0.4, 0.5) is 0 Å². The van der Waals surface area contributed by atoms with Gasteiger partial charge in [0.25, 0.3) is 0 Å². The summed E-state index contributed by atoms with van der Waals surface area (Å²) in [5.74, 6) is 0.947. The van der Waals surface area contributed by atoms with Crippen LogP contribution in [0.5, 0.6) is 5.75 Å². The second kappa shape index (κ2) is 6.03. The average molecular weight is 235 g/mol. The van der Waals surface area contributed by atoms with Crippen molar-refractivity contribution in [3.63, 3.8) is 0 Å². The van der Waals surface area contributed by atoms with Crippen molar-refractivity contribution < 1.29 is 9.47 Å². The number of aryl methyl sites for hydroxylation is 1. The van der Waals surface area contributed by atoms with Crippen LogP contribution in [0.15, 0.2) is 24.3 Å². The molecule has 1 heterocycles. The molecule has 0 amide bonds. The molecule has 2 rings (SSSR count). The van der Waals surface area contributed by atoms with Crippen molar-refractivity contribution in [2.45, 2.75) is 32.4 Å². The third-order valence-corrected chi connectivity index (χ3v) is 3.14. The third-order valence-electron chi connectivity index (χ3n) is 3.14. The Morgan fingerprint density at radius 2 is 2.35 bits per heavy atom. The van der Waals surface area contributed by atoms with Crippen molar-refractivity contribution in [2.24, 2.45) is 0 Å². The lowest BCUT2D eigenvalue weighted by Crippen LogP contribution is -2.37. The van der Waals surface area contributed by atoms with Crippen molar-refractivity contribution in [3.05, 3.63) is 29.8 Å². The van der Waals surface area contributed by atoms with E-state index in [1.807, 2.05) is 12.1 Å². The molecule has 17 heavy (non-hydrogen) atoms. The molecule has 1 aliphatic rings. The average Bonchev–Trinajstić information content (AvgIpc) is 2.71. The Labute approximate surface area is 103 Å². The first kappa shape index (κ1) is 12.4. The molecule has 1 aromatic carbocycles. The van der Waals surface area contributed by atoms with E-state index in [4.69, 9.17) is 9.47 Å². The van der Waals surface area contributed by atoms with Gasteiger partial charge in [-0.3, -0.25) is 0 Å². The van der Waals surface area contributed by atoms with Gasteiger partial charge in [0.2, 0.25) is 0 Å². The molecule has 1 fully saturated rings. The molecule has 0 aromatic heterocycles. The lowest BCUT2D eigenvalue weighted by Gasteiger charge is -2.16. The SMILES string of the molecule is Cc1cccc(OCCNC2CCOC2C)c1. The highest BCUT2D eigenvalue weighted by molar-refractivity contribution is 5.27. The van der Waals surface area contributed by atoms with E-state index in [1.165, 1.54) is 5.56 Å². The van der Waals surface area contributed by atoms with Crippen LogP contribution >= 0.6 is 0 Å². The van der Waals surface area contributed by atoms with Gasteiger partial charge in [0.1, 0.15) is 12.4 Å². The van der Waals surface area contributed by atoms with Gasteiger partial charge in [-0.25, -0.2) is 0 Å². The standard InChI is InChI=1S/C14H21NO2/c1-11-4-3-5-13(10-11)17-9-7-15-14-6-8-16-12(14)2/h3-5,10,12,14-15H,6-9H2,1-2H3. The normalized spacial score (nSPS) is 23.9. The van der Waals surface area contributed by atoms with E-state index in [-0.39, 0.29) is 0 Å². The molecule has 1 N–H and O–H groups in total. The highest BCUT2D eigenvalue weighted by atomic mass is 16.5. The fourth-order valence-electron chi connectivity index (χ4n) is 2.12. The molecule has 94 valence electrons. The molecule has 1 saturated heterocycles. The summed E-state index contributed by atoms with van der Waals surface area (Å²) in [5.41, 5.74) is 1.23. The van der Waals surface area contributed by atoms with Crippen LogP contribution in [0.1, 0.15) is 18.9 Å². The Balaban J connectivity index is 1.66. The van der Waals surface area contributed by atoms with E-state index >= 15 is 0 Å². The predicted octanol–water partition coefficient (Wildman–Crippen LogP) is 2.14. The van der Waals surface area contributed by atoms with Crippen LogP contribution in [0.2, 0.25) is 0 Å². The Kier molecular flexibility index (Phi) is 4.40. The van der Waals surface area contributed by atoms with E-state index in [0.29, 0.717) is 18.8 Å². The Morgan fingerprint density at radius 1 is 1.47 bits per heavy atom. The van der Waals surface area contributed by atoms with E-state index in [9.17, 15) is 0 Å². The maximum atomic E-state index is 5.68. The van der Waals surface area contributed by atoms with Crippen molar-refractivity contribution in [1.29, 1.82) is 0 Å². The van der Waals surface area contributed by atoms with Gasteiger partial charge in [-0.1, -0.05) is 12.1 Å². The van der Waals surface area contributed by atoms with Crippen molar-refractivity contribution in [1.82, 2.24) is 5.32 Å². The second-order valence-electron chi connectivity index (χ2n) is 4.59. The molecular formula is C14H21NO2. The molecule has 2 unspecified atom stereocenters. The Morgan fingerprint density at radius 3 is 3.06 bits per heavy atom. The fraction of sp³-hybridized carbons (Fsp3) is 0.571. The predicted molar refractivity (Wildman–Crippen MR) is 68.5 cm³/mol. The summed E-state index contributed by atoms with van der Waals surface area (Å²) >= 11 is 0. The van der Waals surface area contributed by atoms with Crippen molar-refractivity contribution in [3.8, 4) is 5.75 Å². The van der Waals surface area contributed by atoms with Crippen LogP contribution in [0.3, 0.4) is 0 Å². The minimum atomic E-state index is 0.328. The zero-order chi connectivity index (χ0) is 12.1. The number of benzene rings is 1. The summed E-state index contributed by atoms with van der Waals surface area (Å²) in [6.07, 6.45) is 1.43. The molecule has 0 spiro atoms. The van der Waals surface area contributed by atoms with Crippen molar-refractivity contribution in [2.75, 3.05) is 19.8 Å². The highest BCUT2D eigenvalue weighted by Gasteiger charge is 2.22. The summed E-state index contributed by atoms with van der Waals surface area (Å²) in [6.45, 7) is 6.63. The topological polar surface area (TPSA) is 30.5 Å². The summed E-state index contributed by atoms with van der Waals surface area (Å²) in [6, 6.07) is 8.62. The first-order valence-electron chi connectivity index (χ1n) is 6.30. The van der Waals surface area contributed by atoms with Gasteiger partial charge in [0.05, 0.1) is 6.10 Å². The third kappa shape index (κ3) is 3.72. The maximum absolute atomic E-state index is 5.68. The lowest BCUT2D eigenvalue weighted by atomic mass is 10.1.